The van der Waals surface area contributed by atoms with E-state index in [0.717, 1.165) is 0 Å². The average Bonchev–Trinajstić information content (AvgIpc) is 2.06. The standard InChI is InChI=1S/C2H3NOS2/c3-1(4)2-5-6-2/h2H,(H2,3,4). The van der Waals surface area contributed by atoms with Crippen LogP contribution in [0.15, 0.2) is 0 Å². The molecule has 1 fully saturated rings. The minimum Gasteiger partial charge on any atom is -0.368 e. The van der Waals surface area contributed by atoms with Crippen LogP contribution in [0.2, 0.25) is 0 Å². The highest BCUT2D eigenvalue weighted by Crippen LogP contribution is 2.52. The molecule has 2 nitrogen and oxygen atoms in total. The summed E-state index contributed by atoms with van der Waals surface area (Å²) in [5, 5.41) is 0. The van der Waals surface area contributed by atoms with Crippen molar-refractivity contribution in [3.05, 3.63) is 0 Å². The normalized spacial score (nSPS) is 20.7. The van der Waals surface area contributed by atoms with Crippen molar-refractivity contribution in [2.45, 2.75) is 4.58 Å². The van der Waals surface area contributed by atoms with Crippen LogP contribution in [0.1, 0.15) is 0 Å². The Kier molecular flexibility index (Phi) is 0.972. The first-order chi connectivity index (χ1) is 2.80. The third-order valence-electron chi connectivity index (χ3n) is 0.425. The van der Waals surface area contributed by atoms with E-state index >= 15 is 0 Å². The monoisotopic (exact) mass is 121 g/mol. The number of amides is 1. The highest BCUT2D eigenvalue weighted by atomic mass is 33.2. The van der Waals surface area contributed by atoms with Gasteiger partial charge in [-0.05, 0) is 0 Å². The molecule has 1 aliphatic heterocycles. The fourth-order valence-electron chi connectivity index (χ4n) is 0.123. The van der Waals surface area contributed by atoms with E-state index in [1.54, 1.807) is 0 Å². The Labute approximate surface area is 43.2 Å². The van der Waals surface area contributed by atoms with Crippen molar-refractivity contribution in [3.63, 3.8) is 0 Å². The largest absolute Gasteiger partial charge is 0.368 e. The molecule has 0 radical (unpaired) electrons. The van der Waals surface area contributed by atoms with Gasteiger partial charge in [0.05, 0.1) is 0 Å². The lowest BCUT2D eigenvalue weighted by atomic mass is 10.8. The van der Waals surface area contributed by atoms with Gasteiger partial charge in [0.1, 0.15) is 4.58 Å². The summed E-state index contributed by atoms with van der Waals surface area (Å²) in [7, 11) is 3.04. The Morgan fingerprint density at radius 2 is 2.17 bits per heavy atom. The number of nitrogens with two attached hydrogens (primary N) is 1. The molecular formula is C2H3NOS2. The Morgan fingerprint density at radius 3 is 2.17 bits per heavy atom. The third-order valence-corrected chi connectivity index (χ3v) is 2.43. The van der Waals surface area contributed by atoms with E-state index in [2.05, 4.69) is 0 Å². The van der Waals surface area contributed by atoms with Gasteiger partial charge in [-0.15, -0.1) is 0 Å². The Hall–Kier alpha value is 0.170. The number of hydrogen-bond acceptors (Lipinski definition) is 3. The average molecular weight is 121 g/mol. The molecule has 0 spiro atoms. The SMILES string of the molecule is NC(=O)C1SS1. The van der Waals surface area contributed by atoms with Crippen molar-refractivity contribution in [3.8, 4) is 0 Å². The summed E-state index contributed by atoms with van der Waals surface area (Å²) < 4.78 is 0.0741. The fourth-order valence-corrected chi connectivity index (χ4v) is 1.10. The van der Waals surface area contributed by atoms with Crippen molar-refractivity contribution in [1.29, 1.82) is 0 Å². The first-order valence-corrected chi connectivity index (χ1v) is 3.70. The van der Waals surface area contributed by atoms with E-state index in [1.807, 2.05) is 0 Å². The first-order valence-electron chi connectivity index (χ1n) is 1.42. The highest BCUT2D eigenvalue weighted by Gasteiger charge is 2.30. The predicted octanol–water partition coefficient (Wildman–Crippen LogP) is 0.193. The Balaban J connectivity index is 2.31. The maximum atomic E-state index is 9.94. The quantitative estimate of drug-likeness (QED) is 0.398. The molecule has 1 rings (SSSR count). The summed E-state index contributed by atoms with van der Waals surface area (Å²) in [4.78, 5) is 9.94. The van der Waals surface area contributed by atoms with Gasteiger partial charge in [-0.2, -0.15) is 0 Å². The summed E-state index contributed by atoms with van der Waals surface area (Å²) in [5.41, 5.74) is 4.82. The van der Waals surface area contributed by atoms with Crippen LogP contribution in [0.5, 0.6) is 0 Å². The Morgan fingerprint density at radius 1 is 1.67 bits per heavy atom. The molecule has 0 aromatic heterocycles. The minimum absolute atomic E-state index is 0.0741. The molecule has 0 bridgehead atoms. The predicted molar refractivity (Wildman–Crippen MR) is 28.2 cm³/mol. The number of hydrogen-bond donors (Lipinski definition) is 1. The van der Waals surface area contributed by atoms with Crippen LogP contribution in [-0.2, 0) is 4.79 Å². The number of primary amides is 1. The summed E-state index contributed by atoms with van der Waals surface area (Å²) in [6.45, 7) is 0. The smallest absolute Gasteiger partial charge is 0.242 e. The highest BCUT2D eigenvalue weighted by molar-refractivity contribution is 8.93. The summed E-state index contributed by atoms with van der Waals surface area (Å²) >= 11 is 0. The molecular weight excluding hydrogens is 118 g/mol. The molecule has 1 heterocycles. The van der Waals surface area contributed by atoms with E-state index < -0.39 is 0 Å². The second-order valence-electron chi connectivity index (χ2n) is 0.927. The molecule has 0 aromatic carbocycles. The topological polar surface area (TPSA) is 43.1 Å². The fraction of sp³-hybridized carbons (Fsp3) is 0.500. The minimum atomic E-state index is -0.204. The summed E-state index contributed by atoms with van der Waals surface area (Å²) in [6.07, 6.45) is 0. The molecule has 0 atom stereocenters. The van der Waals surface area contributed by atoms with Gasteiger partial charge in [-0.25, -0.2) is 0 Å². The van der Waals surface area contributed by atoms with Gasteiger partial charge >= 0.3 is 0 Å². The van der Waals surface area contributed by atoms with Crippen LogP contribution in [0.25, 0.3) is 0 Å². The summed E-state index contributed by atoms with van der Waals surface area (Å²) in [6, 6.07) is 0. The number of carbonyl (C=O) groups excluding carboxylic acids is 1. The van der Waals surface area contributed by atoms with Gasteiger partial charge in [0.15, 0.2) is 0 Å². The Bertz CT molecular complexity index is 79.6. The molecule has 2 N–H and O–H groups in total. The zero-order valence-corrected chi connectivity index (χ0v) is 4.51. The summed E-state index contributed by atoms with van der Waals surface area (Å²) in [5.74, 6) is -0.204. The molecule has 0 aliphatic carbocycles. The van der Waals surface area contributed by atoms with E-state index in [4.69, 9.17) is 5.73 Å². The van der Waals surface area contributed by atoms with Gasteiger partial charge in [0.2, 0.25) is 5.91 Å². The van der Waals surface area contributed by atoms with E-state index in [-0.39, 0.29) is 10.5 Å². The molecule has 4 heteroatoms. The first kappa shape index (κ1) is 4.33. The van der Waals surface area contributed by atoms with Crippen LogP contribution in [0, 0.1) is 0 Å². The van der Waals surface area contributed by atoms with Crippen molar-refractivity contribution in [2.24, 2.45) is 5.73 Å². The van der Waals surface area contributed by atoms with Crippen molar-refractivity contribution >= 4 is 27.5 Å². The van der Waals surface area contributed by atoms with E-state index in [9.17, 15) is 4.79 Å². The number of rotatable bonds is 1. The van der Waals surface area contributed by atoms with Crippen LogP contribution in [0.4, 0.5) is 0 Å². The number of carbonyl (C=O) groups is 1. The van der Waals surface area contributed by atoms with Crippen molar-refractivity contribution in [1.82, 2.24) is 0 Å². The van der Waals surface area contributed by atoms with Crippen LogP contribution < -0.4 is 5.73 Å². The maximum absolute atomic E-state index is 9.94. The van der Waals surface area contributed by atoms with Crippen molar-refractivity contribution < 1.29 is 4.79 Å². The second kappa shape index (κ2) is 1.35. The molecule has 0 unspecified atom stereocenters. The van der Waals surface area contributed by atoms with Crippen LogP contribution in [0.3, 0.4) is 0 Å². The third kappa shape index (κ3) is 0.815. The molecule has 1 amide bonds. The van der Waals surface area contributed by atoms with E-state index in [0.29, 0.717) is 0 Å². The zero-order valence-electron chi connectivity index (χ0n) is 2.88. The van der Waals surface area contributed by atoms with Crippen molar-refractivity contribution in [2.75, 3.05) is 0 Å². The lowest BCUT2D eigenvalue weighted by molar-refractivity contribution is -0.116. The lowest BCUT2D eigenvalue weighted by Gasteiger charge is -1.73. The molecule has 6 heavy (non-hydrogen) atoms. The van der Waals surface area contributed by atoms with Gasteiger partial charge in [0, 0.05) is 0 Å². The molecule has 0 aromatic rings. The molecule has 0 saturated carbocycles. The second-order valence-corrected chi connectivity index (χ2v) is 3.71. The van der Waals surface area contributed by atoms with E-state index in [1.165, 1.54) is 21.6 Å². The zero-order chi connectivity index (χ0) is 4.57. The van der Waals surface area contributed by atoms with Gasteiger partial charge in [-0.1, -0.05) is 21.6 Å². The van der Waals surface area contributed by atoms with Gasteiger partial charge < -0.3 is 5.73 Å². The molecule has 1 aliphatic rings. The van der Waals surface area contributed by atoms with Crippen LogP contribution in [-0.4, -0.2) is 10.5 Å². The van der Waals surface area contributed by atoms with Gasteiger partial charge in [-0.3, -0.25) is 4.79 Å². The van der Waals surface area contributed by atoms with Crippen LogP contribution >= 0.6 is 21.6 Å². The molecule has 1 saturated heterocycles. The molecule has 34 valence electrons. The lowest BCUT2D eigenvalue weighted by Crippen LogP contribution is -2.14. The maximum Gasteiger partial charge on any atom is 0.242 e. The van der Waals surface area contributed by atoms with Gasteiger partial charge in [0.25, 0.3) is 0 Å².